The molecule has 2 amide bonds. The highest BCUT2D eigenvalue weighted by atomic mass is 35.5. The standard InChI is InChI=1S/C24H26ClN5O6S/c1-5-36-23(33)16-11-15(7-8-17(16)25)27-21(31)13-37-24-29-28-20(30(24)2)12-26-22(32)14-6-9-18(34-3)19(10-14)35-4/h6-11H,5,12-13H2,1-4H3,(H,26,32)(H,27,31). The normalized spacial score (nSPS) is 10.5. The fraction of sp³-hybridized carbons (Fsp3) is 0.292. The van der Waals surface area contributed by atoms with E-state index in [1.54, 1.807) is 42.8 Å². The van der Waals surface area contributed by atoms with Crippen LogP contribution >= 0.6 is 23.4 Å². The number of thioether (sulfide) groups is 1. The number of anilines is 1. The number of carbonyl (C=O) groups excluding carboxylic acids is 3. The van der Waals surface area contributed by atoms with E-state index in [0.717, 1.165) is 0 Å². The van der Waals surface area contributed by atoms with Crippen molar-refractivity contribution in [2.75, 3.05) is 31.9 Å². The van der Waals surface area contributed by atoms with Gasteiger partial charge in [-0.15, -0.1) is 10.2 Å². The lowest BCUT2D eigenvalue weighted by molar-refractivity contribution is -0.113. The minimum atomic E-state index is -0.567. The Morgan fingerprint density at radius 1 is 1.05 bits per heavy atom. The second kappa shape index (κ2) is 13.0. The van der Waals surface area contributed by atoms with Crippen molar-refractivity contribution in [1.29, 1.82) is 0 Å². The van der Waals surface area contributed by atoms with Gasteiger partial charge in [0.15, 0.2) is 22.5 Å². The van der Waals surface area contributed by atoms with Gasteiger partial charge in [0.2, 0.25) is 5.91 Å². The van der Waals surface area contributed by atoms with Crippen molar-refractivity contribution < 1.29 is 28.6 Å². The van der Waals surface area contributed by atoms with E-state index in [-0.39, 0.29) is 41.3 Å². The van der Waals surface area contributed by atoms with Gasteiger partial charge >= 0.3 is 5.97 Å². The lowest BCUT2D eigenvalue weighted by Gasteiger charge is -2.10. The fourth-order valence-corrected chi connectivity index (χ4v) is 4.08. The van der Waals surface area contributed by atoms with Crippen LogP contribution in [-0.2, 0) is 23.1 Å². The lowest BCUT2D eigenvalue weighted by atomic mass is 10.2. The van der Waals surface area contributed by atoms with Crippen molar-refractivity contribution in [3.8, 4) is 11.5 Å². The maximum atomic E-state index is 12.6. The molecule has 196 valence electrons. The van der Waals surface area contributed by atoms with E-state index < -0.39 is 5.97 Å². The minimum Gasteiger partial charge on any atom is -0.493 e. The number of methoxy groups -OCH3 is 2. The molecule has 0 radical (unpaired) electrons. The molecule has 37 heavy (non-hydrogen) atoms. The van der Waals surface area contributed by atoms with Crippen molar-refractivity contribution in [2.45, 2.75) is 18.6 Å². The van der Waals surface area contributed by atoms with Gasteiger partial charge in [0.1, 0.15) is 0 Å². The van der Waals surface area contributed by atoms with Gasteiger partial charge in [0.05, 0.1) is 43.7 Å². The van der Waals surface area contributed by atoms with Crippen LogP contribution in [0.4, 0.5) is 5.69 Å². The summed E-state index contributed by atoms with van der Waals surface area (Å²) in [6.45, 7) is 2.03. The fourth-order valence-electron chi connectivity index (χ4n) is 3.16. The third-order valence-corrected chi connectivity index (χ3v) is 6.41. The molecule has 1 aromatic heterocycles. The van der Waals surface area contributed by atoms with Crippen molar-refractivity contribution in [3.63, 3.8) is 0 Å². The predicted molar refractivity (Wildman–Crippen MR) is 138 cm³/mol. The van der Waals surface area contributed by atoms with Crippen molar-refractivity contribution in [2.24, 2.45) is 7.05 Å². The highest BCUT2D eigenvalue weighted by Gasteiger charge is 2.16. The van der Waals surface area contributed by atoms with Gasteiger partial charge < -0.3 is 29.4 Å². The van der Waals surface area contributed by atoms with E-state index in [0.29, 0.717) is 33.7 Å². The molecule has 0 spiro atoms. The summed E-state index contributed by atoms with van der Waals surface area (Å²) in [6.07, 6.45) is 0. The monoisotopic (exact) mass is 547 g/mol. The second-order valence-electron chi connectivity index (χ2n) is 7.46. The second-order valence-corrected chi connectivity index (χ2v) is 8.81. The van der Waals surface area contributed by atoms with Crippen LogP contribution in [-0.4, -0.2) is 59.1 Å². The van der Waals surface area contributed by atoms with E-state index >= 15 is 0 Å². The van der Waals surface area contributed by atoms with E-state index in [1.165, 1.54) is 38.1 Å². The average molecular weight is 548 g/mol. The first-order valence-electron chi connectivity index (χ1n) is 11.0. The quantitative estimate of drug-likeness (QED) is 0.274. The van der Waals surface area contributed by atoms with Gasteiger partial charge in [0.25, 0.3) is 5.91 Å². The molecule has 13 heteroatoms. The van der Waals surface area contributed by atoms with Crippen LogP contribution in [0.5, 0.6) is 11.5 Å². The number of hydrogen-bond acceptors (Lipinski definition) is 9. The highest BCUT2D eigenvalue weighted by Crippen LogP contribution is 2.27. The summed E-state index contributed by atoms with van der Waals surface area (Å²) >= 11 is 7.23. The van der Waals surface area contributed by atoms with E-state index in [4.69, 9.17) is 25.8 Å². The average Bonchev–Trinajstić information content (AvgIpc) is 3.25. The smallest absolute Gasteiger partial charge is 0.339 e. The molecule has 0 fully saturated rings. The van der Waals surface area contributed by atoms with Gasteiger partial charge in [-0.2, -0.15) is 0 Å². The van der Waals surface area contributed by atoms with Gasteiger partial charge in [-0.25, -0.2) is 4.79 Å². The highest BCUT2D eigenvalue weighted by molar-refractivity contribution is 7.99. The van der Waals surface area contributed by atoms with Crippen molar-refractivity contribution in [1.82, 2.24) is 20.1 Å². The Labute approximate surface area is 222 Å². The number of nitrogens with one attached hydrogen (secondary N) is 2. The number of aromatic nitrogens is 3. The number of esters is 1. The molecular weight excluding hydrogens is 522 g/mol. The van der Waals surface area contributed by atoms with Crippen LogP contribution in [0.2, 0.25) is 5.02 Å². The van der Waals surface area contributed by atoms with E-state index in [2.05, 4.69) is 20.8 Å². The van der Waals surface area contributed by atoms with Crippen LogP contribution in [0.25, 0.3) is 0 Å². The summed E-state index contributed by atoms with van der Waals surface area (Å²) in [5.74, 6) is 0.323. The van der Waals surface area contributed by atoms with Gasteiger partial charge in [0, 0.05) is 18.3 Å². The van der Waals surface area contributed by atoms with Crippen LogP contribution in [0.3, 0.4) is 0 Å². The zero-order chi connectivity index (χ0) is 26.9. The molecule has 3 rings (SSSR count). The van der Waals surface area contributed by atoms with Crippen molar-refractivity contribution >= 4 is 46.8 Å². The Kier molecular flexibility index (Phi) is 9.75. The summed E-state index contributed by atoms with van der Waals surface area (Å²) in [6, 6.07) is 9.43. The molecule has 0 unspecified atom stereocenters. The summed E-state index contributed by atoms with van der Waals surface area (Å²) in [5.41, 5.74) is 0.982. The zero-order valence-corrected chi connectivity index (χ0v) is 22.2. The molecule has 2 aromatic carbocycles. The molecule has 2 N–H and O–H groups in total. The Morgan fingerprint density at radius 2 is 1.81 bits per heavy atom. The SMILES string of the molecule is CCOC(=O)c1cc(NC(=O)CSc2nnc(CNC(=O)c3ccc(OC)c(OC)c3)n2C)ccc1Cl. The Bertz CT molecular complexity index is 1300. The number of rotatable bonds is 11. The van der Waals surface area contributed by atoms with E-state index in [1.807, 2.05) is 0 Å². The maximum Gasteiger partial charge on any atom is 0.339 e. The molecule has 11 nitrogen and oxygen atoms in total. The molecule has 0 aliphatic heterocycles. The first kappa shape index (κ1) is 27.8. The number of benzene rings is 2. The molecule has 0 bridgehead atoms. The molecule has 3 aromatic rings. The van der Waals surface area contributed by atoms with Crippen LogP contribution < -0.4 is 20.1 Å². The Hall–Kier alpha value is -3.77. The van der Waals surface area contributed by atoms with Gasteiger partial charge in [-0.05, 0) is 43.3 Å². The number of hydrogen-bond donors (Lipinski definition) is 2. The van der Waals surface area contributed by atoms with E-state index in [9.17, 15) is 14.4 Å². The molecule has 0 saturated carbocycles. The molecule has 0 atom stereocenters. The lowest BCUT2D eigenvalue weighted by Crippen LogP contribution is -2.24. The van der Waals surface area contributed by atoms with Crippen LogP contribution in [0.15, 0.2) is 41.6 Å². The zero-order valence-electron chi connectivity index (χ0n) is 20.7. The number of ether oxygens (including phenoxy) is 3. The molecular formula is C24H26ClN5O6S. The third-order valence-electron chi connectivity index (χ3n) is 5.06. The number of carbonyl (C=O) groups is 3. The minimum absolute atomic E-state index is 0.0430. The number of nitrogens with zero attached hydrogens (tertiary/aromatic N) is 3. The number of amides is 2. The number of halogens is 1. The summed E-state index contributed by atoms with van der Waals surface area (Å²) in [5, 5.41) is 14.4. The summed E-state index contributed by atoms with van der Waals surface area (Å²) < 4.78 is 17.1. The first-order valence-corrected chi connectivity index (χ1v) is 12.4. The Balaban J connectivity index is 1.55. The first-order chi connectivity index (χ1) is 17.8. The summed E-state index contributed by atoms with van der Waals surface area (Å²) in [4.78, 5) is 37.0. The largest absolute Gasteiger partial charge is 0.493 e. The van der Waals surface area contributed by atoms with Gasteiger partial charge in [-0.3, -0.25) is 9.59 Å². The van der Waals surface area contributed by atoms with Crippen LogP contribution in [0, 0.1) is 0 Å². The maximum absolute atomic E-state index is 12.6. The Morgan fingerprint density at radius 3 is 2.51 bits per heavy atom. The molecule has 0 aliphatic carbocycles. The topological polar surface area (TPSA) is 134 Å². The van der Waals surface area contributed by atoms with Gasteiger partial charge in [-0.1, -0.05) is 23.4 Å². The molecule has 1 heterocycles. The summed E-state index contributed by atoms with van der Waals surface area (Å²) in [7, 11) is 4.75. The molecule has 0 aliphatic rings. The van der Waals surface area contributed by atoms with Crippen molar-refractivity contribution in [3.05, 3.63) is 58.4 Å². The van der Waals surface area contributed by atoms with Crippen LogP contribution in [0.1, 0.15) is 33.5 Å². The third kappa shape index (κ3) is 7.14. The molecule has 0 saturated heterocycles. The predicted octanol–water partition coefficient (Wildman–Crippen LogP) is 3.32.